The van der Waals surface area contributed by atoms with Crippen LogP contribution in [-0.2, 0) is 4.79 Å². The molecule has 2 heterocycles. The Kier molecular flexibility index (Phi) is 6.03. The van der Waals surface area contributed by atoms with Gasteiger partial charge in [0.25, 0.3) is 0 Å². The molecule has 4 rings (SSSR count). The van der Waals surface area contributed by atoms with Gasteiger partial charge >= 0.3 is 6.36 Å². The molecule has 1 amide bonds. The van der Waals surface area contributed by atoms with Gasteiger partial charge < -0.3 is 15.4 Å². The van der Waals surface area contributed by atoms with Crippen LogP contribution in [-0.4, -0.2) is 44.4 Å². The van der Waals surface area contributed by atoms with Gasteiger partial charge in [-0.2, -0.15) is 4.52 Å². The summed E-state index contributed by atoms with van der Waals surface area (Å²) in [5.74, 6) is -0.0685. The predicted octanol–water partition coefficient (Wildman–Crippen LogP) is 4.17. The van der Waals surface area contributed by atoms with Crippen molar-refractivity contribution in [3.8, 4) is 17.1 Å². The Balaban J connectivity index is 1.82. The minimum absolute atomic E-state index is 0.180. The third-order valence-electron chi connectivity index (χ3n) is 4.88. The number of hydrogen-bond donors (Lipinski definition) is 2. The van der Waals surface area contributed by atoms with Crippen molar-refractivity contribution in [1.29, 1.82) is 0 Å². The first-order valence-corrected chi connectivity index (χ1v) is 10.3. The third-order valence-corrected chi connectivity index (χ3v) is 4.88. The number of likely N-dealkylation sites (N-methyl/N-ethyl adjacent to an activating group) is 1. The molecule has 0 aliphatic rings. The SMILES string of the molecule is CCNC(=O)[C@H](CC)Nc1nc2ccccc2c2nc(-c3cccc(OC(F)(F)F)c3)nn12. The molecule has 0 spiro atoms. The number of alkyl halides is 3. The summed E-state index contributed by atoms with van der Waals surface area (Å²) in [7, 11) is 0. The van der Waals surface area contributed by atoms with Crippen molar-refractivity contribution < 1.29 is 22.7 Å². The number of nitrogens with one attached hydrogen (secondary N) is 2. The molecule has 0 fully saturated rings. The number of ether oxygens (including phenoxy) is 1. The number of para-hydroxylation sites is 1. The minimum Gasteiger partial charge on any atom is -0.406 e. The van der Waals surface area contributed by atoms with E-state index in [1.807, 2.05) is 32.0 Å². The highest BCUT2D eigenvalue weighted by atomic mass is 19.4. The third kappa shape index (κ3) is 4.81. The Morgan fingerprint density at radius 2 is 1.91 bits per heavy atom. The van der Waals surface area contributed by atoms with Crippen LogP contribution in [0.15, 0.2) is 48.5 Å². The van der Waals surface area contributed by atoms with Crippen LogP contribution >= 0.6 is 0 Å². The van der Waals surface area contributed by atoms with Crippen molar-refractivity contribution in [3.63, 3.8) is 0 Å². The molecule has 2 aromatic carbocycles. The predicted molar refractivity (Wildman–Crippen MR) is 117 cm³/mol. The van der Waals surface area contributed by atoms with Crippen LogP contribution in [0.2, 0.25) is 0 Å². The molecule has 2 aromatic heterocycles. The number of carbonyl (C=O) groups is 1. The molecule has 0 radical (unpaired) electrons. The second-order valence-electron chi connectivity index (χ2n) is 7.20. The lowest BCUT2D eigenvalue weighted by atomic mass is 10.2. The highest BCUT2D eigenvalue weighted by Gasteiger charge is 2.31. The van der Waals surface area contributed by atoms with Crippen LogP contribution in [0.5, 0.6) is 5.75 Å². The summed E-state index contributed by atoms with van der Waals surface area (Å²) in [6, 6.07) is 12.2. The highest BCUT2D eigenvalue weighted by molar-refractivity contribution is 5.93. The summed E-state index contributed by atoms with van der Waals surface area (Å²) >= 11 is 0. The average Bonchev–Trinajstić information content (AvgIpc) is 3.22. The molecule has 0 aliphatic carbocycles. The molecule has 0 unspecified atom stereocenters. The number of nitrogens with zero attached hydrogens (tertiary/aromatic N) is 4. The Bertz CT molecular complexity index is 1300. The van der Waals surface area contributed by atoms with Crippen LogP contribution < -0.4 is 15.4 Å². The maximum atomic E-state index is 12.6. The van der Waals surface area contributed by atoms with Gasteiger partial charge in [-0.05, 0) is 37.6 Å². The number of benzene rings is 2. The standard InChI is InChI=1S/C22H21F3N6O2/c1-3-16(20(32)26-4-2)27-21-28-17-11-6-5-10-15(17)19-29-18(30-31(19)21)13-8-7-9-14(12-13)33-22(23,24)25/h5-12,16H,3-4H2,1-2H3,(H,26,32)(H,27,28)/t16-/m0/s1. The fourth-order valence-electron chi connectivity index (χ4n) is 3.41. The Labute approximate surface area is 186 Å². The van der Waals surface area contributed by atoms with Gasteiger partial charge in [0, 0.05) is 17.5 Å². The van der Waals surface area contributed by atoms with Crippen LogP contribution in [0.1, 0.15) is 20.3 Å². The molecule has 0 saturated heterocycles. The smallest absolute Gasteiger partial charge is 0.406 e. The summed E-state index contributed by atoms with van der Waals surface area (Å²) in [6.45, 7) is 4.18. The van der Waals surface area contributed by atoms with E-state index < -0.39 is 12.4 Å². The van der Waals surface area contributed by atoms with Crippen molar-refractivity contribution in [2.75, 3.05) is 11.9 Å². The van der Waals surface area contributed by atoms with Gasteiger partial charge in [0.05, 0.1) is 5.52 Å². The van der Waals surface area contributed by atoms with E-state index in [-0.39, 0.29) is 17.5 Å². The summed E-state index contributed by atoms with van der Waals surface area (Å²) in [6.07, 6.45) is -4.31. The van der Waals surface area contributed by atoms with E-state index in [1.54, 1.807) is 12.1 Å². The van der Waals surface area contributed by atoms with Crippen LogP contribution in [0.4, 0.5) is 19.1 Å². The fraction of sp³-hybridized carbons (Fsp3) is 0.273. The second kappa shape index (κ2) is 8.93. The number of anilines is 1. The van der Waals surface area contributed by atoms with Crippen molar-refractivity contribution in [2.24, 2.45) is 0 Å². The molecule has 33 heavy (non-hydrogen) atoms. The molecule has 4 aromatic rings. The lowest BCUT2D eigenvalue weighted by Gasteiger charge is -2.17. The first kappa shape index (κ1) is 22.3. The first-order valence-electron chi connectivity index (χ1n) is 10.3. The van der Waals surface area contributed by atoms with Crippen molar-refractivity contribution in [2.45, 2.75) is 32.7 Å². The molecule has 1 atom stereocenters. The van der Waals surface area contributed by atoms with E-state index >= 15 is 0 Å². The summed E-state index contributed by atoms with van der Waals surface area (Å²) in [5, 5.41) is 11.1. The van der Waals surface area contributed by atoms with Crippen LogP contribution in [0.3, 0.4) is 0 Å². The molecular weight excluding hydrogens is 437 g/mol. The topological polar surface area (TPSA) is 93.4 Å². The normalized spacial score (nSPS) is 12.6. The zero-order chi connectivity index (χ0) is 23.6. The van der Waals surface area contributed by atoms with Gasteiger partial charge in [0.15, 0.2) is 11.5 Å². The van der Waals surface area contributed by atoms with Crippen molar-refractivity contribution >= 4 is 28.4 Å². The van der Waals surface area contributed by atoms with Gasteiger partial charge in [0.2, 0.25) is 11.9 Å². The quantitative estimate of drug-likeness (QED) is 0.432. The summed E-state index contributed by atoms with van der Waals surface area (Å²) in [4.78, 5) is 21.6. The van der Waals surface area contributed by atoms with E-state index in [0.29, 0.717) is 41.0 Å². The second-order valence-corrected chi connectivity index (χ2v) is 7.20. The molecule has 0 saturated carbocycles. The molecule has 11 heteroatoms. The highest BCUT2D eigenvalue weighted by Crippen LogP contribution is 2.29. The average molecular weight is 458 g/mol. The molecule has 0 aliphatic heterocycles. The molecule has 2 N–H and O–H groups in total. The van der Waals surface area contributed by atoms with E-state index in [9.17, 15) is 18.0 Å². The zero-order valence-electron chi connectivity index (χ0n) is 17.8. The molecule has 0 bridgehead atoms. The fourth-order valence-corrected chi connectivity index (χ4v) is 3.41. The molecule has 172 valence electrons. The molecule has 8 nitrogen and oxygen atoms in total. The maximum Gasteiger partial charge on any atom is 0.573 e. The van der Waals surface area contributed by atoms with E-state index in [0.717, 1.165) is 0 Å². The molecular formula is C22H21F3N6O2. The lowest BCUT2D eigenvalue weighted by Crippen LogP contribution is -2.39. The monoisotopic (exact) mass is 458 g/mol. The maximum absolute atomic E-state index is 12.6. The van der Waals surface area contributed by atoms with Gasteiger partial charge in [-0.1, -0.05) is 31.2 Å². The van der Waals surface area contributed by atoms with E-state index in [4.69, 9.17) is 0 Å². The van der Waals surface area contributed by atoms with Crippen molar-refractivity contribution in [3.05, 3.63) is 48.5 Å². The Hall–Kier alpha value is -3.89. The Morgan fingerprint density at radius 1 is 1.12 bits per heavy atom. The number of halogens is 3. The van der Waals surface area contributed by atoms with Crippen molar-refractivity contribution in [1.82, 2.24) is 24.9 Å². The van der Waals surface area contributed by atoms with Gasteiger partial charge in [-0.3, -0.25) is 4.79 Å². The van der Waals surface area contributed by atoms with Gasteiger partial charge in [-0.15, -0.1) is 18.3 Å². The number of carbonyl (C=O) groups excluding carboxylic acids is 1. The number of fused-ring (bicyclic) bond motifs is 3. The summed E-state index contributed by atoms with van der Waals surface area (Å²) < 4.78 is 43.4. The largest absolute Gasteiger partial charge is 0.573 e. The lowest BCUT2D eigenvalue weighted by molar-refractivity contribution is -0.274. The zero-order valence-corrected chi connectivity index (χ0v) is 17.8. The first-order chi connectivity index (χ1) is 15.8. The van der Waals surface area contributed by atoms with Crippen LogP contribution in [0, 0.1) is 0 Å². The van der Waals surface area contributed by atoms with E-state index in [1.165, 1.54) is 22.7 Å². The number of hydrogen-bond acceptors (Lipinski definition) is 6. The van der Waals surface area contributed by atoms with Gasteiger partial charge in [-0.25, -0.2) is 9.97 Å². The number of rotatable bonds is 7. The minimum atomic E-state index is -4.81. The summed E-state index contributed by atoms with van der Waals surface area (Å²) in [5.41, 5.74) is 1.42. The number of aromatic nitrogens is 4. The number of amides is 1. The Morgan fingerprint density at radius 3 is 2.64 bits per heavy atom. The van der Waals surface area contributed by atoms with Gasteiger partial charge in [0.1, 0.15) is 11.8 Å². The van der Waals surface area contributed by atoms with E-state index in [2.05, 4.69) is 30.4 Å². The van der Waals surface area contributed by atoms with Crippen LogP contribution in [0.25, 0.3) is 27.9 Å².